The molecule has 0 spiro atoms. The van der Waals surface area contributed by atoms with E-state index in [1.165, 1.54) is 0 Å². The lowest BCUT2D eigenvalue weighted by Gasteiger charge is -2.03. The van der Waals surface area contributed by atoms with Gasteiger partial charge in [-0.15, -0.1) is 0 Å². The molecule has 0 saturated carbocycles. The first-order valence-corrected chi connectivity index (χ1v) is 6.17. The number of carbonyl (C=O) groups excluding carboxylic acids is 1. The van der Waals surface area contributed by atoms with Crippen LogP contribution in [0.5, 0.6) is 0 Å². The van der Waals surface area contributed by atoms with Crippen LogP contribution in [0.3, 0.4) is 0 Å². The third-order valence-electron chi connectivity index (χ3n) is 1.94. The molecule has 15 heavy (non-hydrogen) atoms. The highest BCUT2D eigenvalue weighted by atomic mass is 32.2. The maximum Gasteiger partial charge on any atom is 0.147 e. The van der Waals surface area contributed by atoms with Crippen LogP contribution in [0.1, 0.15) is 18.9 Å². The number of nitrogens with two attached hydrogens (primary N) is 1. The van der Waals surface area contributed by atoms with Crippen molar-refractivity contribution in [3.05, 3.63) is 24.0 Å². The highest BCUT2D eigenvalue weighted by molar-refractivity contribution is 7.99. The number of aromatic nitrogens is 1. The number of hydrogen-bond acceptors (Lipinski definition) is 4. The van der Waals surface area contributed by atoms with Gasteiger partial charge >= 0.3 is 0 Å². The zero-order chi connectivity index (χ0) is 11.1. The largest absolute Gasteiger partial charge is 0.398 e. The number of nitrogens with zero attached hydrogens (tertiary/aromatic N) is 1. The molecule has 2 N–H and O–H groups in total. The zero-order valence-corrected chi connectivity index (χ0v) is 9.72. The Morgan fingerprint density at radius 1 is 1.60 bits per heavy atom. The third kappa shape index (κ3) is 4.34. The van der Waals surface area contributed by atoms with Crippen molar-refractivity contribution in [1.29, 1.82) is 0 Å². The van der Waals surface area contributed by atoms with E-state index in [0.717, 1.165) is 17.7 Å². The van der Waals surface area contributed by atoms with Crippen LogP contribution in [-0.2, 0) is 11.2 Å². The quantitative estimate of drug-likeness (QED) is 0.750. The molecule has 82 valence electrons. The highest BCUT2D eigenvalue weighted by Gasteiger charge is 2.06. The summed E-state index contributed by atoms with van der Waals surface area (Å²) in [6, 6.07) is 1.72. The molecular weight excluding hydrogens is 208 g/mol. The van der Waals surface area contributed by atoms with E-state index in [2.05, 4.69) is 11.9 Å². The van der Waals surface area contributed by atoms with Gasteiger partial charge in [-0.2, -0.15) is 11.8 Å². The molecule has 1 heterocycles. The number of Topliss-reactive ketones (excluding diaryl/α,β-unsaturated/α-hetero) is 1. The Labute approximate surface area is 94.5 Å². The van der Waals surface area contributed by atoms with E-state index >= 15 is 0 Å². The normalized spacial score (nSPS) is 10.2. The SMILES string of the molecule is CCCSCC(=O)Cc1cnccc1N. The monoisotopic (exact) mass is 224 g/mol. The summed E-state index contributed by atoms with van der Waals surface area (Å²) in [5.74, 6) is 1.82. The maximum atomic E-state index is 11.5. The number of pyridine rings is 1. The van der Waals surface area contributed by atoms with Crippen molar-refractivity contribution in [1.82, 2.24) is 4.98 Å². The molecule has 0 aromatic carbocycles. The van der Waals surface area contributed by atoms with Crippen molar-refractivity contribution >= 4 is 23.2 Å². The summed E-state index contributed by atoms with van der Waals surface area (Å²) in [6.45, 7) is 2.11. The topological polar surface area (TPSA) is 56.0 Å². The van der Waals surface area contributed by atoms with Gasteiger partial charge in [-0.05, 0) is 18.2 Å². The number of carbonyl (C=O) groups is 1. The number of anilines is 1. The van der Waals surface area contributed by atoms with Crippen molar-refractivity contribution in [3.8, 4) is 0 Å². The molecule has 4 heteroatoms. The van der Waals surface area contributed by atoms with Gasteiger partial charge in [0, 0.05) is 30.1 Å². The van der Waals surface area contributed by atoms with Gasteiger partial charge in [-0.1, -0.05) is 6.92 Å². The average molecular weight is 224 g/mol. The Hall–Kier alpha value is -1.03. The fourth-order valence-corrected chi connectivity index (χ4v) is 1.94. The molecule has 3 nitrogen and oxygen atoms in total. The highest BCUT2D eigenvalue weighted by Crippen LogP contribution is 2.11. The zero-order valence-electron chi connectivity index (χ0n) is 8.90. The van der Waals surface area contributed by atoms with E-state index in [4.69, 9.17) is 5.73 Å². The minimum atomic E-state index is 0.216. The number of rotatable bonds is 6. The molecule has 0 bridgehead atoms. The summed E-state index contributed by atoms with van der Waals surface area (Å²) < 4.78 is 0. The summed E-state index contributed by atoms with van der Waals surface area (Å²) in [4.78, 5) is 15.5. The number of thioether (sulfide) groups is 1. The Bertz CT molecular complexity index is 328. The van der Waals surface area contributed by atoms with E-state index in [1.54, 1.807) is 30.2 Å². The maximum absolute atomic E-state index is 11.5. The van der Waals surface area contributed by atoms with Gasteiger partial charge in [-0.25, -0.2) is 0 Å². The first-order valence-electron chi connectivity index (χ1n) is 5.01. The summed E-state index contributed by atoms with van der Waals surface area (Å²) in [5, 5.41) is 0. The molecule has 0 aliphatic heterocycles. The molecule has 0 aliphatic rings. The summed E-state index contributed by atoms with van der Waals surface area (Å²) >= 11 is 1.68. The Balaban J connectivity index is 2.41. The van der Waals surface area contributed by atoms with Crippen LogP contribution in [0.25, 0.3) is 0 Å². The van der Waals surface area contributed by atoms with Crippen LogP contribution in [0.15, 0.2) is 18.5 Å². The van der Waals surface area contributed by atoms with Crippen LogP contribution in [0.2, 0.25) is 0 Å². The summed E-state index contributed by atoms with van der Waals surface area (Å²) in [5.41, 5.74) is 7.21. The van der Waals surface area contributed by atoms with Gasteiger partial charge in [0.25, 0.3) is 0 Å². The average Bonchev–Trinajstić information content (AvgIpc) is 2.22. The van der Waals surface area contributed by atoms with Gasteiger partial charge in [-0.3, -0.25) is 9.78 Å². The van der Waals surface area contributed by atoms with Crippen molar-refractivity contribution in [2.45, 2.75) is 19.8 Å². The minimum absolute atomic E-state index is 0.216. The van der Waals surface area contributed by atoms with Crippen LogP contribution in [0, 0.1) is 0 Å². The van der Waals surface area contributed by atoms with E-state index in [1.807, 2.05) is 0 Å². The second kappa shape index (κ2) is 6.45. The van der Waals surface area contributed by atoms with Gasteiger partial charge in [0.2, 0.25) is 0 Å². The summed E-state index contributed by atoms with van der Waals surface area (Å²) in [6.07, 6.45) is 4.80. The lowest BCUT2D eigenvalue weighted by molar-refractivity contribution is -0.115. The van der Waals surface area contributed by atoms with Gasteiger partial charge in [0.05, 0.1) is 5.75 Å². The predicted molar refractivity (Wildman–Crippen MR) is 65.0 cm³/mol. The second-order valence-electron chi connectivity index (χ2n) is 3.34. The molecule has 0 saturated heterocycles. The number of hydrogen-bond donors (Lipinski definition) is 1. The Kier molecular flexibility index (Phi) is 5.18. The lowest BCUT2D eigenvalue weighted by Crippen LogP contribution is -2.08. The standard InChI is InChI=1S/C11H16N2OS/c1-2-5-15-8-10(14)6-9-7-13-4-3-11(9)12/h3-4,7H,2,5-6,8H2,1H3,(H2,12,13). The van der Waals surface area contributed by atoms with Crippen LogP contribution in [-0.4, -0.2) is 22.3 Å². The first-order chi connectivity index (χ1) is 7.24. The first kappa shape index (κ1) is 12.0. The molecule has 1 aromatic rings. The van der Waals surface area contributed by atoms with Crippen molar-refractivity contribution < 1.29 is 4.79 Å². The summed E-state index contributed by atoms with van der Waals surface area (Å²) in [7, 11) is 0. The van der Waals surface area contributed by atoms with E-state index in [-0.39, 0.29) is 5.78 Å². The van der Waals surface area contributed by atoms with Crippen LogP contribution >= 0.6 is 11.8 Å². The van der Waals surface area contributed by atoms with Crippen molar-refractivity contribution in [2.24, 2.45) is 0 Å². The molecule has 0 amide bonds. The van der Waals surface area contributed by atoms with E-state index in [9.17, 15) is 4.79 Å². The fraction of sp³-hybridized carbons (Fsp3) is 0.455. The molecule has 0 aliphatic carbocycles. The van der Waals surface area contributed by atoms with Crippen molar-refractivity contribution in [2.75, 3.05) is 17.2 Å². The Morgan fingerprint density at radius 3 is 3.07 bits per heavy atom. The van der Waals surface area contributed by atoms with Gasteiger partial charge < -0.3 is 5.73 Å². The van der Waals surface area contributed by atoms with Gasteiger partial charge in [0.1, 0.15) is 5.78 Å². The van der Waals surface area contributed by atoms with Gasteiger partial charge in [0.15, 0.2) is 0 Å². The lowest BCUT2D eigenvalue weighted by atomic mass is 10.1. The predicted octanol–water partition coefficient (Wildman–Crippen LogP) is 1.92. The molecule has 0 radical (unpaired) electrons. The molecular formula is C11H16N2OS. The molecule has 0 fully saturated rings. The second-order valence-corrected chi connectivity index (χ2v) is 4.45. The number of ketones is 1. The third-order valence-corrected chi connectivity index (χ3v) is 3.16. The molecule has 0 atom stereocenters. The Morgan fingerprint density at radius 2 is 2.40 bits per heavy atom. The molecule has 1 rings (SSSR count). The van der Waals surface area contributed by atoms with Crippen LogP contribution < -0.4 is 5.73 Å². The number of nitrogen functional groups attached to an aromatic ring is 1. The smallest absolute Gasteiger partial charge is 0.147 e. The van der Waals surface area contributed by atoms with E-state index < -0.39 is 0 Å². The van der Waals surface area contributed by atoms with Crippen LogP contribution in [0.4, 0.5) is 5.69 Å². The molecule has 0 unspecified atom stereocenters. The molecule has 1 aromatic heterocycles. The minimum Gasteiger partial charge on any atom is -0.398 e. The van der Waals surface area contributed by atoms with E-state index in [0.29, 0.717) is 17.9 Å². The fourth-order valence-electron chi connectivity index (χ4n) is 1.18. The van der Waals surface area contributed by atoms with Crippen molar-refractivity contribution in [3.63, 3.8) is 0 Å².